The first-order chi connectivity index (χ1) is 6.31. The van der Waals surface area contributed by atoms with Crippen LogP contribution in [0.15, 0.2) is 28.7 Å². The molecule has 0 saturated heterocycles. The highest BCUT2D eigenvalue weighted by molar-refractivity contribution is 9.10. The van der Waals surface area contributed by atoms with Crippen molar-refractivity contribution in [2.75, 3.05) is 7.05 Å². The lowest BCUT2D eigenvalue weighted by atomic mass is 9.75. The first-order valence-electron chi connectivity index (χ1n) is 4.74. The van der Waals surface area contributed by atoms with Gasteiger partial charge < -0.3 is 5.32 Å². The molecule has 1 aliphatic rings. The van der Waals surface area contributed by atoms with Gasteiger partial charge in [0.05, 0.1) is 0 Å². The molecule has 0 aliphatic heterocycles. The summed E-state index contributed by atoms with van der Waals surface area (Å²) in [6.45, 7) is 0. The third-order valence-corrected chi connectivity index (χ3v) is 3.42. The minimum atomic E-state index is 0.689. The van der Waals surface area contributed by atoms with Crippen LogP contribution < -0.4 is 5.32 Å². The minimum Gasteiger partial charge on any atom is -0.316 e. The molecule has 0 bridgehead atoms. The van der Waals surface area contributed by atoms with E-state index in [1.54, 1.807) is 0 Å². The van der Waals surface area contributed by atoms with Crippen LogP contribution in [0.3, 0.4) is 0 Å². The van der Waals surface area contributed by atoms with Crippen LogP contribution in [0.4, 0.5) is 0 Å². The van der Waals surface area contributed by atoms with Gasteiger partial charge in [-0.15, -0.1) is 0 Å². The topological polar surface area (TPSA) is 12.0 Å². The summed E-state index contributed by atoms with van der Waals surface area (Å²) >= 11 is 3.51. The van der Waals surface area contributed by atoms with Crippen molar-refractivity contribution in [2.24, 2.45) is 0 Å². The summed E-state index contributed by atoms with van der Waals surface area (Å²) in [7, 11) is 2.05. The molecule has 1 aromatic rings. The summed E-state index contributed by atoms with van der Waals surface area (Å²) in [5, 5.41) is 3.35. The largest absolute Gasteiger partial charge is 0.316 e. The van der Waals surface area contributed by atoms with Gasteiger partial charge in [-0.25, -0.2) is 0 Å². The fourth-order valence-electron chi connectivity index (χ4n) is 1.98. The van der Waals surface area contributed by atoms with E-state index in [0.29, 0.717) is 6.04 Å². The summed E-state index contributed by atoms with van der Waals surface area (Å²) in [5.41, 5.74) is 1.46. The third-order valence-electron chi connectivity index (χ3n) is 2.92. The van der Waals surface area contributed by atoms with Crippen LogP contribution in [0.2, 0.25) is 0 Å². The number of halogens is 1. The first kappa shape index (κ1) is 9.22. The Morgan fingerprint density at radius 1 is 1.38 bits per heavy atom. The number of hydrogen-bond acceptors (Lipinski definition) is 1. The van der Waals surface area contributed by atoms with Gasteiger partial charge in [-0.1, -0.05) is 28.1 Å². The van der Waals surface area contributed by atoms with Crippen LogP contribution in [0.1, 0.15) is 24.3 Å². The number of hydrogen-bond donors (Lipinski definition) is 1. The molecule has 70 valence electrons. The molecule has 2 rings (SSSR count). The lowest BCUT2D eigenvalue weighted by Crippen LogP contribution is -2.40. The Hall–Kier alpha value is -0.340. The van der Waals surface area contributed by atoms with E-state index in [0.717, 1.165) is 5.92 Å². The minimum absolute atomic E-state index is 0.689. The van der Waals surface area contributed by atoms with Gasteiger partial charge in [0.15, 0.2) is 0 Å². The zero-order valence-corrected chi connectivity index (χ0v) is 9.34. The van der Waals surface area contributed by atoms with Crippen molar-refractivity contribution >= 4 is 15.9 Å². The average molecular weight is 240 g/mol. The fraction of sp³-hybridized carbons (Fsp3) is 0.455. The summed E-state index contributed by atoms with van der Waals surface area (Å²) in [4.78, 5) is 0. The molecular weight excluding hydrogens is 226 g/mol. The maximum absolute atomic E-state index is 3.51. The van der Waals surface area contributed by atoms with Gasteiger partial charge in [0.2, 0.25) is 0 Å². The first-order valence-corrected chi connectivity index (χ1v) is 5.53. The third kappa shape index (κ3) is 1.79. The molecule has 2 unspecified atom stereocenters. The van der Waals surface area contributed by atoms with E-state index in [-0.39, 0.29) is 0 Å². The summed E-state index contributed by atoms with van der Waals surface area (Å²) in [6, 6.07) is 9.34. The molecule has 2 atom stereocenters. The summed E-state index contributed by atoms with van der Waals surface area (Å²) in [6.07, 6.45) is 2.63. The van der Waals surface area contributed by atoms with Crippen molar-refractivity contribution < 1.29 is 0 Å². The van der Waals surface area contributed by atoms with Gasteiger partial charge in [-0.05, 0) is 43.5 Å². The monoisotopic (exact) mass is 239 g/mol. The molecule has 1 saturated carbocycles. The Bertz CT molecular complexity index is 296. The number of nitrogens with one attached hydrogen (secondary N) is 1. The van der Waals surface area contributed by atoms with Crippen molar-refractivity contribution in [1.82, 2.24) is 5.32 Å². The second kappa shape index (κ2) is 3.81. The highest BCUT2D eigenvalue weighted by Gasteiger charge is 2.30. The van der Waals surface area contributed by atoms with Gasteiger partial charge in [-0.2, -0.15) is 0 Å². The van der Waals surface area contributed by atoms with E-state index < -0.39 is 0 Å². The van der Waals surface area contributed by atoms with Crippen molar-refractivity contribution in [3.05, 3.63) is 34.3 Å². The Balaban J connectivity index is 2.16. The predicted molar refractivity (Wildman–Crippen MR) is 59.0 cm³/mol. The van der Waals surface area contributed by atoms with Crippen LogP contribution in [-0.4, -0.2) is 13.1 Å². The Labute approximate surface area is 87.7 Å². The number of likely N-dealkylation sites (N-methyl/N-ethyl adjacent to an activating group) is 1. The SMILES string of the molecule is CNC1CCC1c1cccc(Br)c1. The smallest absolute Gasteiger partial charge is 0.0178 e. The molecule has 1 aromatic carbocycles. The molecule has 1 aliphatic carbocycles. The van der Waals surface area contributed by atoms with Crippen LogP contribution >= 0.6 is 15.9 Å². The standard InChI is InChI=1S/C11H14BrN/c1-13-11-6-5-10(11)8-3-2-4-9(12)7-8/h2-4,7,10-11,13H,5-6H2,1H3. The van der Waals surface area contributed by atoms with Gasteiger partial charge in [0.25, 0.3) is 0 Å². The molecule has 1 N–H and O–H groups in total. The van der Waals surface area contributed by atoms with Gasteiger partial charge >= 0.3 is 0 Å². The van der Waals surface area contributed by atoms with Crippen molar-refractivity contribution in [3.8, 4) is 0 Å². The average Bonchev–Trinajstić information content (AvgIpc) is 2.03. The van der Waals surface area contributed by atoms with Gasteiger partial charge in [0, 0.05) is 10.5 Å². The lowest BCUT2D eigenvalue weighted by molar-refractivity contribution is 0.300. The Kier molecular flexibility index (Phi) is 2.70. The van der Waals surface area contributed by atoms with Gasteiger partial charge in [0.1, 0.15) is 0 Å². The Morgan fingerprint density at radius 3 is 2.77 bits per heavy atom. The normalized spacial score (nSPS) is 26.9. The fourth-order valence-corrected chi connectivity index (χ4v) is 2.40. The highest BCUT2D eigenvalue weighted by Crippen LogP contribution is 2.37. The van der Waals surface area contributed by atoms with Crippen molar-refractivity contribution in [1.29, 1.82) is 0 Å². The molecule has 1 fully saturated rings. The molecule has 2 heteroatoms. The van der Waals surface area contributed by atoms with Crippen LogP contribution in [0.25, 0.3) is 0 Å². The zero-order valence-electron chi connectivity index (χ0n) is 7.76. The van der Waals surface area contributed by atoms with E-state index in [1.165, 1.54) is 22.9 Å². The van der Waals surface area contributed by atoms with Crippen LogP contribution in [-0.2, 0) is 0 Å². The molecule has 0 amide bonds. The zero-order chi connectivity index (χ0) is 9.26. The molecule has 0 heterocycles. The molecule has 0 spiro atoms. The molecular formula is C11H14BrN. The van der Waals surface area contributed by atoms with Crippen LogP contribution in [0, 0.1) is 0 Å². The van der Waals surface area contributed by atoms with E-state index in [9.17, 15) is 0 Å². The van der Waals surface area contributed by atoms with E-state index in [4.69, 9.17) is 0 Å². The number of benzene rings is 1. The molecule has 13 heavy (non-hydrogen) atoms. The van der Waals surface area contributed by atoms with E-state index >= 15 is 0 Å². The lowest BCUT2D eigenvalue weighted by Gasteiger charge is -2.36. The molecule has 0 aromatic heterocycles. The van der Waals surface area contributed by atoms with E-state index in [1.807, 2.05) is 0 Å². The van der Waals surface area contributed by atoms with Gasteiger partial charge in [-0.3, -0.25) is 0 Å². The van der Waals surface area contributed by atoms with E-state index in [2.05, 4.69) is 52.6 Å². The summed E-state index contributed by atoms with van der Waals surface area (Å²) < 4.78 is 1.19. The molecule has 0 radical (unpaired) electrons. The highest BCUT2D eigenvalue weighted by atomic mass is 79.9. The van der Waals surface area contributed by atoms with Crippen LogP contribution in [0.5, 0.6) is 0 Å². The maximum atomic E-state index is 3.51. The second-order valence-electron chi connectivity index (χ2n) is 3.63. The molecule has 1 nitrogen and oxygen atoms in total. The van der Waals surface area contributed by atoms with Crippen molar-refractivity contribution in [2.45, 2.75) is 24.8 Å². The van der Waals surface area contributed by atoms with Crippen molar-refractivity contribution in [3.63, 3.8) is 0 Å². The second-order valence-corrected chi connectivity index (χ2v) is 4.55. The predicted octanol–water partition coefficient (Wildman–Crippen LogP) is 2.91. The summed E-state index contributed by atoms with van der Waals surface area (Å²) in [5.74, 6) is 0.725. The Morgan fingerprint density at radius 2 is 2.23 bits per heavy atom. The quantitative estimate of drug-likeness (QED) is 0.838. The number of rotatable bonds is 2. The maximum Gasteiger partial charge on any atom is 0.0178 e.